The molecule has 2 N–H and O–H groups in total. The van der Waals surface area contributed by atoms with Crippen molar-refractivity contribution in [1.82, 2.24) is 9.88 Å². The van der Waals surface area contributed by atoms with Gasteiger partial charge in [-0.1, -0.05) is 6.08 Å². The molecule has 0 aromatic carbocycles. The van der Waals surface area contributed by atoms with Gasteiger partial charge in [-0.05, 0) is 31.4 Å². The second kappa shape index (κ2) is 5.40. The summed E-state index contributed by atoms with van der Waals surface area (Å²) in [6, 6.07) is 3.60. The number of piperidine rings is 1. The minimum Gasteiger partial charge on any atom is -0.396 e. The lowest BCUT2D eigenvalue weighted by molar-refractivity contribution is 0.0282. The van der Waals surface area contributed by atoms with Gasteiger partial charge >= 0.3 is 0 Å². The van der Waals surface area contributed by atoms with Crippen LogP contribution in [0.5, 0.6) is 0 Å². The van der Waals surface area contributed by atoms with Gasteiger partial charge in [0.15, 0.2) is 0 Å². The average molecular weight is 248 g/mol. The fourth-order valence-corrected chi connectivity index (χ4v) is 2.68. The molecule has 1 aliphatic rings. The third kappa shape index (κ3) is 2.48. The van der Waals surface area contributed by atoms with Crippen molar-refractivity contribution in [1.29, 1.82) is 0 Å². The molecule has 2 heterocycles. The Morgan fingerprint density at radius 3 is 3.11 bits per heavy atom. The Balaban J connectivity index is 2.10. The first-order valence-electron chi connectivity index (χ1n) is 6.35. The fourth-order valence-electron chi connectivity index (χ4n) is 2.68. The zero-order valence-electron chi connectivity index (χ0n) is 10.6. The van der Waals surface area contributed by atoms with E-state index in [4.69, 9.17) is 0 Å². The molecule has 1 fully saturated rings. The first-order chi connectivity index (χ1) is 8.71. The maximum atomic E-state index is 12.3. The molecule has 0 saturated carbocycles. The van der Waals surface area contributed by atoms with Gasteiger partial charge in [0.1, 0.15) is 5.69 Å². The smallest absolute Gasteiger partial charge is 0.270 e. The van der Waals surface area contributed by atoms with E-state index < -0.39 is 0 Å². The van der Waals surface area contributed by atoms with Gasteiger partial charge in [-0.25, -0.2) is 0 Å². The summed E-state index contributed by atoms with van der Waals surface area (Å²) in [5.74, 6) is 0.0154. The predicted molar refractivity (Wildman–Crippen MR) is 70.3 cm³/mol. The molecule has 2 rings (SSSR count). The van der Waals surface area contributed by atoms with E-state index in [9.17, 15) is 9.90 Å². The van der Waals surface area contributed by atoms with E-state index in [1.165, 1.54) is 0 Å². The highest BCUT2D eigenvalue weighted by atomic mass is 16.3. The van der Waals surface area contributed by atoms with Crippen LogP contribution in [0.1, 0.15) is 29.8 Å². The number of aromatic amines is 1. The summed E-state index contributed by atoms with van der Waals surface area (Å²) in [6.07, 6.45) is 6.21. The van der Waals surface area contributed by atoms with E-state index in [2.05, 4.69) is 11.6 Å². The number of rotatable bonds is 4. The van der Waals surface area contributed by atoms with E-state index in [-0.39, 0.29) is 17.9 Å². The summed E-state index contributed by atoms with van der Waals surface area (Å²) >= 11 is 0. The molecule has 1 aliphatic heterocycles. The number of hydrogen-bond acceptors (Lipinski definition) is 2. The molecule has 1 atom stereocenters. The van der Waals surface area contributed by atoms with E-state index in [0.29, 0.717) is 12.2 Å². The van der Waals surface area contributed by atoms with Crippen molar-refractivity contribution in [3.05, 3.63) is 36.7 Å². The number of hydrogen-bond donors (Lipinski definition) is 2. The third-order valence-electron chi connectivity index (χ3n) is 3.69. The molecular weight excluding hydrogens is 228 g/mol. The van der Waals surface area contributed by atoms with Crippen molar-refractivity contribution >= 4 is 5.91 Å². The Morgan fingerprint density at radius 1 is 1.67 bits per heavy atom. The van der Waals surface area contributed by atoms with Gasteiger partial charge in [-0.15, -0.1) is 6.58 Å². The molecule has 1 amide bonds. The number of H-pyrrole nitrogens is 1. The lowest BCUT2D eigenvalue weighted by atomic mass is 9.78. The number of allylic oxidation sites excluding steroid dienone is 1. The minimum absolute atomic E-state index is 0.0154. The Kier molecular flexibility index (Phi) is 3.87. The number of amides is 1. The topological polar surface area (TPSA) is 56.3 Å². The van der Waals surface area contributed by atoms with Crippen LogP contribution in [-0.2, 0) is 0 Å². The summed E-state index contributed by atoms with van der Waals surface area (Å²) in [7, 11) is 0. The van der Waals surface area contributed by atoms with Crippen LogP contribution in [-0.4, -0.2) is 40.6 Å². The summed E-state index contributed by atoms with van der Waals surface area (Å²) in [4.78, 5) is 17.0. The Morgan fingerprint density at radius 2 is 2.50 bits per heavy atom. The van der Waals surface area contributed by atoms with Crippen molar-refractivity contribution in [2.45, 2.75) is 19.3 Å². The van der Waals surface area contributed by atoms with Crippen LogP contribution in [0.25, 0.3) is 0 Å². The molecule has 0 spiro atoms. The van der Waals surface area contributed by atoms with Crippen LogP contribution in [0.2, 0.25) is 0 Å². The average Bonchev–Trinajstić information content (AvgIpc) is 2.92. The SMILES string of the molecule is C=CCC1(CO)CCCN(C(=O)c2ccc[nH]2)C1. The van der Waals surface area contributed by atoms with Gasteiger partial charge in [-0.2, -0.15) is 0 Å². The van der Waals surface area contributed by atoms with Crippen LogP contribution in [0.15, 0.2) is 31.0 Å². The van der Waals surface area contributed by atoms with Crippen LogP contribution in [0.4, 0.5) is 0 Å². The van der Waals surface area contributed by atoms with Crippen molar-refractivity contribution in [2.75, 3.05) is 19.7 Å². The molecule has 4 nitrogen and oxygen atoms in total. The molecule has 1 aromatic rings. The highest BCUT2D eigenvalue weighted by molar-refractivity contribution is 5.92. The highest BCUT2D eigenvalue weighted by Gasteiger charge is 2.36. The zero-order valence-corrected chi connectivity index (χ0v) is 10.6. The number of carbonyl (C=O) groups excluding carboxylic acids is 1. The standard InChI is InChI=1S/C14H20N2O2/c1-2-6-14(11-17)7-4-9-16(10-14)13(18)12-5-3-8-15-12/h2-3,5,8,15,17H,1,4,6-7,9-11H2. The number of nitrogens with zero attached hydrogens (tertiary/aromatic N) is 1. The third-order valence-corrected chi connectivity index (χ3v) is 3.69. The summed E-state index contributed by atoms with van der Waals surface area (Å²) in [5.41, 5.74) is 0.407. The fraction of sp³-hybridized carbons (Fsp3) is 0.500. The number of aliphatic hydroxyl groups excluding tert-OH is 1. The number of aliphatic hydroxyl groups is 1. The molecule has 4 heteroatoms. The van der Waals surface area contributed by atoms with Gasteiger partial charge in [0.2, 0.25) is 0 Å². The molecule has 1 unspecified atom stereocenters. The molecule has 98 valence electrons. The van der Waals surface area contributed by atoms with Crippen LogP contribution in [0.3, 0.4) is 0 Å². The number of likely N-dealkylation sites (tertiary alicyclic amines) is 1. The van der Waals surface area contributed by atoms with Crippen LogP contribution in [0, 0.1) is 5.41 Å². The Bertz CT molecular complexity index is 413. The highest BCUT2D eigenvalue weighted by Crippen LogP contribution is 2.33. The van der Waals surface area contributed by atoms with E-state index in [0.717, 1.165) is 25.8 Å². The van der Waals surface area contributed by atoms with E-state index in [1.54, 1.807) is 12.3 Å². The van der Waals surface area contributed by atoms with Crippen molar-refractivity contribution in [3.8, 4) is 0 Å². The quantitative estimate of drug-likeness (QED) is 0.798. The Hall–Kier alpha value is -1.55. The molecule has 18 heavy (non-hydrogen) atoms. The second-order valence-electron chi connectivity index (χ2n) is 5.06. The molecule has 0 bridgehead atoms. The first kappa shape index (κ1) is 12.9. The lowest BCUT2D eigenvalue weighted by Crippen LogP contribution is -2.47. The Labute approximate surface area is 107 Å². The van der Waals surface area contributed by atoms with Crippen LogP contribution < -0.4 is 0 Å². The van der Waals surface area contributed by atoms with E-state index in [1.807, 2.05) is 17.0 Å². The molecule has 1 aromatic heterocycles. The number of nitrogens with one attached hydrogen (secondary N) is 1. The largest absolute Gasteiger partial charge is 0.396 e. The monoisotopic (exact) mass is 248 g/mol. The van der Waals surface area contributed by atoms with Gasteiger partial charge in [0, 0.05) is 24.7 Å². The van der Waals surface area contributed by atoms with Gasteiger partial charge in [0.05, 0.1) is 6.61 Å². The van der Waals surface area contributed by atoms with Gasteiger partial charge in [-0.3, -0.25) is 4.79 Å². The van der Waals surface area contributed by atoms with Crippen molar-refractivity contribution in [2.24, 2.45) is 5.41 Å². The van der Waals surface area contributed by atoms with E-state index >= 15 is 0 Å². The lowest BCUT2D eigenvalue weighted by Gasteiger charge is -2.41. The molecular formula is C14H20N2O2. The summed E-state index contributed by atoms with van der Waals surface area (Å²) in [5, 5.41) is 9.61. The van der Waals surface area contributed by atoms with Crippen LogP contribution >= 0.6 is 0 Å². The normalized spacial score (nSPS) is 23.9. The predicted octanol–water partition coefficient (Wildman–Crippen LogP) is 1.81. The minimum atomic E-state index is -0.206. The van der Waals surface area contributed by atoms with Gasteiger partial charge in [0.25, 0.3) is 5.91 Å². The summed E-state index contributed by atoms with van der Waals surface area (Å²) in [6.45, 7) is 5.22. The first-order valence-corrected chi connectivity index (χ1v) is 6.35. The van der Waals surface area contributed by atoms with Gasteiger partial charge < -0.3 is 15.0 Å². The molecule has 0 radical (unpaired) electrons. The van der Waals surface area contributed by atoms with Crippen molar-refractivity contribution < 1.29 is 9.90 Å². The number of carbonyl (C=O) groups is 1. The number of aromatic nitrogens is 1. The maximum Gasteiger partial charge on any atom is 0.270 e. The molecule has 0 aliphatic carbocycles. The van der Waals surface area contributed by atoms with Crippen molar-refractivity contribution in [3.63, 3.8) is 0 Å². The maximum absolute atomic E-state index is 12.3. The molecule has 1 saturated heterocycles. The summed E-state index contributed by atoms with van der Waals surface area (Å²) < 4.78 is 0. The zero-order chi connectivity index (χ0) is 13.0. The second-order valence-corrected chi connectivity index (χ2v) is 5.06.